The van der Waals surface area contributed by atoms with Gasteiger partial charge in [0.05, 0.1) is 11.0 Å². The Kier molecular flexibility index (Phi) is 4.79. The van der Waals surface area contributed by atoms with Crippen molar-refractivity contribution >= 4 is 21.2 Å². The molecular weight excluding hydrogens is 348 g/mol. The van der Waals surface area contributed by atoms with E-state index < -0.39 is 10.2 Å². The molecule has 2 saturated heterocycles. The van der Waals surface area contributed by atoms with Crippen molar-refractivity contribution < 1.29 is 8.42 Å². The number of benzene rings is 1. The highest BCUT2D eigenvalue weighted by molar-refractivity contribution is 7.86. The van der Waals surface area contributed by atoms with E-state index in [0.717, 1.165) is 42.5 Å². The summed E-state index contributed by atoms with van der Waals surface area (Å²) in [5, 5.41) is 0. The molecule has 26 heavy (non-hydrogen) atoms. The van der Waals surface area contributed by atoms with Crippen LogP contribution in [0.1, 0.15) is 44.3 Å². The molecule has 2 aliphatic heterocycles. The Morgan fingerprint density at radius 3 is 2.50 bits per heavy atom. The van der Waals surface area contributed by atoms with Crippen molar-refractivity contribution in [3.05, 3.63) is 30.1 Å². The van der Waals surface area contributed by atoms with Crippen LogP contribution in [0.2, 0.25) is 0 Å². The number of fused-ring (bicyclic) bond motifs is 1. The minimum atomic E-state index is -3.36. The van der Waals surface area contributed by atoms with Gasteiger partial charge in [0.1, 0.15) is 5.82 Å². The van der Waals surface area contributed by atoms with Crippen molar-refractivity contribution in [2.75, 3.05) is 26.2 Å². The number of piperidine rings is 2. The molecule has 2 aromatic rings. The molecule has 0 saturated carbocycles. The highest BCUT2D eigenvalue weighted by Gasteiger charge is 2.36. The number of hydrogen-bond acceptors (Lipinski definition) is 3. The Morgan fingerprint density at radius 1 is 1.04 bits per heavy atom. The second kappa shape index (κ2) is 6.94. The number of imidazole rings is 1. The Bertz CT molecular complexity index is 884. The van der Waals surface area contributed by atoms with Gasteiger partial charge in [-0.05, 0) is 43.7 Å². The van der Waals surface area contributed by atoms with Crippen molar-refractivity contribution in [1.29, 1.82) is 0 Å². The van der Waals surface area contributed by atoms with E-state index >= 15 is 0 Å². The Balaban J connectivity index is 1.56. The van der Waals surface area contributed by atoms with Gasteiger partial charge in [-0.2, -0.15) is 17.0 Å². The van der Waals surface area contributed by atoms with Crippen LogP contribution >= 0.6 is 0 Å². The van der Waals surface area contributed by atoms with Gasteiger partial charge in [-0.3, -0.25) is 0 Å². The normalized spacial score (nSPS) is 24.3. The third-order valence-electron chi connectivity index (χ3n) is 5.97. The minimum Gasteiger partial charge on any atom is -0.331 e. The molecule has 2 aliphatic rings. The van der Waals surface area contributed by atoms with Gasteiger partial charge in [0.2, 0.25) is 0 Å². The molecule has 0 aliphatic carbocycles. The summed E-state index contributed by atoms with van der Waals surface area (Å²) in [6.45, 7) is 4.65. The third kappa shape index (κ3) is 3.17. The number of hydrogen-bond donors (Lipinski definition) is 0. The molecule has 0 amide bonds. The van der Waals surface area contributed by atoms with E-state index in [0.29, 0.717) is 32.1 Å². The second-order valence-electron chi connectivity index (χ2n) is 7.80. The van der Waals surface area contributed by atoms with Crippen molar-refractivity contribution in [3.63, 3.8) is 0 Å². The van der Waals surface area contributed by atoms with Crippen molar-refractivity contribution in [2.24, 2.45) is 13.0 Å². The van der Waals surface area contributed by atoms with Gasteiger partial charge in [-0.25, -0.2) is 4.98 Å². The monoisotopic (exact) mass is 376 g/mol. The number of aromatic nitrogens is 2. The average molecular weight is 377 g/mol. The summed E-state index contributed by atoms with van der Waals surface area (Å²) < 4.78 is 31.7. The molecule has 1 atom stereocenters. The topological polar surface area (TPSA) is 58.4 Å². The Labute approximate surface area is 156 Å². The zero-order chi connectivity index (χ0) is 18.3. The molecule has 3 heterocycles. The Morgan fingerprint density at radius 2 is 1.77 bits per heavy atom. The third-order valence-corrected chi connectivity index (χ3v) is 7.97. The van der Waals surface area contributed by atoms with E-state index in [9.17, 15) is 8.42 Å². The van der Waals surface area contributed by atoms with Gasteiger partial charge in [0.15, 0.2) is 0 Å². The predicted octanol–water partition coefficient (Wildman–Crippen LogP) is 2.73. The molecule has 0 bridgehead atoms. The van der Waals surface area contributed by atoms with E-state index in [1.165, 1.54) is 0 Å². The predicted molar refractivity (Wildman–Crippen MR) is 103 cm³/mol. The fourth-order valence-electron chi connectivity index (χ4n) is 4.27. The zero-order valence-corrected chi connectivity index (χ0v) is 16.5. The molecule has 1 aromatic heterocycles. The molecule has 7 heteroatoms. The van der Waals surface area contributed by atoms with Crippen LogP contribution in [0.3, 0.4) is 0 Å². The lowest BCUT2D eigenvalue weighted by Gasteiger charge is -2.37. The SMILES string of the molecule is CC1CCN(S(=O)(=O)N2CCCC(c3nc4ccccc4n3C)C2)CC1. The van der Waals surface area contributed by atoms with Crippen LogP contribution in [0.25, 0.3) is 11.0 Å². The van der Waals surface area contributed by atoms with E-state index in [1.54, 1.807) is 8.61 Å². The van der Waals surface area contributed by atoms with Gasteiger partial charge in [0, 0.05) is 39.1 Å². The highest BCUT2D eigenvalue weighted by Crippen LogP contribution is 2.31. The molecule has 1 unspecified atom stereocenters. The van der Waals surface area contributed by atoms with Gasteiger partial charge in [-0.1, -0.05) is 19.1 Å². The smallest absolute Gasteiger partial charge is 0.281 e. The molecular formula is C19H28N4O2S. The first kappa shape index (κ1) is 17.9. The van der Waals surface area contributed by atoms with Crippen LogP contribution in [0.4, 0.5) is 0 Å². The van der Waals surface area contributed by atoms with Crippen LogP contribution in [0.15, 0.2) is 24.3 Å². The van der Waals surface area contributed by atoms with Crippen LogP contribution in [-0.4, -0.2) is 52.8 Å². The first-order chi connectivity index (χ1) is 12.5. The lowest BCUT2D eigenvalue weighted by atomic mass is 9.99. The van der Waals surface area contributed by atoms with Gasteiger partial charge in [-0.15, -0.1) is 0 Å². The van der Waals surface area contributed by atoms with Crippen LogP contribution in [0, 0.1) is 5.92 Å². The number of nitrogens with zero attached hydrogens (tertiary/aromatic N) is 4. The summed E-state index contributed by atoms with van der Waals surface area (Å²) in [7, 11) is -1.33. The number of rotatable bonds is 3. The molecule has 4 rings (SSSR count). The first-order valence-corrected chi connectivity index (χ1v) is 11.0. The highest BCUT2D eigenvalue weighted by atomic mass is 32.2. The first-order valence-electron chi connectivity index (χ1n) is 9.63. The zero-order valence-electron chi connectivity index (χ0n) is 15.6. The van der Waals surface area contributed by atoms with E-state index in [1.807, 2.05) is 25.2 Å². The fourth-order valence-corrected chi connectivity index (χ4v) is 6.00. The maximum Gasteiger partial charge on any atom is 0.281 e. The van der Waals surface area contributed by atoms with Gasteiger partial charge >= 0.3 is 0 Å². The quantitative estimate of drug-likeness (QED) is 0.828. The van der Waals surface area contributed by atoms with E-state index in [-0.39, 0.29) is 5.92 Å². The molecule has 0 N–H and O–H groups in total. The Hall–Kier alpha value is -1.44. The molecule has 6 nitrogen and oxygen atoms in total. The molecule has 0 radical (unpaired) electrons. The molecule has 1 aromatic carbocycles. The van der Waals surface area contributed by atoms with Crippen molar-refractivity contribution in [1.82, 2.24) is 18.2 Å². The summed E-state index contributed by atoms with van der Waals surface area (Å²) in [5.74, 6) is 1.77. The summed E-state index contributed by atoms with van der Waals surface area (Å²) >= 11 is 0. The van der Waals surface area contributed by atoms with Crippen LogP contribution in [0.5, 0.6) is 0 Å². The van der Waals surface area contributed by atoms with Gasteiger partial charge < -0.3 is 4.57 Å². The van der Waals surface area contributed by atoms with Crippen molar-refractivity contribution in [2.45, 2.75) is 38.5 Å². The summed E-state index contributed by atoms with van der Waals surface area (Å²) in [4.78, 5) is 4.80. The average Bonchev–Trinajstić information content (AvgIpc) is 2.99. The van der Waals surface area contributed by atoms with Crippen molar-refractivity contribution in [3.8, 4) is 0 Å². The second-order valence-corrected chi connectivity index (χ2v) is 9.73. The maximum absolute atomic E-state index is 13.1. The number of para-hydroxylation sites is 2. The van der Waals surface area contributed by atoms with Crippen LogP contribution in [-0.2, 0) is 17.3 Å². The molecule has 2 fully saturated rings. The number of aryl methyl sites for hydroxylation is 1. The largest absolute Gasteiger partial charge is 0.331 e. The van der Waals surface area contributed by atoms with Gasteiger partial charge in [0.25, 0.3) is 10.2 Å². The fraction of sp³-hybridized carbons (Fsp3) is 0.632. The standard InChI is InChI=1S/C19H28N4O2S/c1-15-9-12-22(13-10-15)26(24,25)23-11-5-6-16(14-23)19-20-17-7-3-4-8-18(17)21(19)2/h3-4,7-8,15-16H,5-6,9-14H2,1-2H3. The van der Waals surface area contributed by atoms with E-state index in [2.05, 4.69) is 17.6 Å². The minimum absolute atomic E-state index is 0.152. The summed E-state index contributed by atoms with van der Waals surface area (Å²) in [6.07, 6.45) is 3.79. The maximum atomic E-state index is 13.1. The van der Waals surface area contributed by atoms with E-state index in [4.69, 9.17) is 4.98 Å². The van der Waals surface area contributed by atoms with Crippen LogP contribution < -0.4 is 0 Å². The summed E-state index contributed by atoms with van der Waals surface area (Å²) in [6, 6.07) is 8.10. The molecule has 142 valence electrons. The molecule has 0 spiro atoms. The summed E-state index contributed by atoms with van der Waals surface area (Å²) in [5.41, 5.74) is 2.09. The lowest BCUT2D eigenvalue weighted by molar-refractivity contribution is 0.243. The lowest BCUT2D eigenvalue weighted by Crippen LogP contribution is -2.49.